The Morgan fingerprint density at radius 1 is 1.26 bits per heavy atom. The van der Waals surface area contributed by atoms with Crippen LogP contribution in [0.3, 0.4) is 0 Å². The first kappa shape index (κ1) is 15.6. The highest BCUT2D eigenvalue weighted by Crippen LogP contribution is 2.51. The van der Waals surface area contributed by atoms with Gasteiger partial charge in [-0.05, 0) is 36.8 Å². The second kappa shape index (κ2) is 5.14. The van der Waals surface area contributed by atoms with Crippen molar-refractivity contribution in [1.82, 2.24) is 5.32 Å². The molecule has 0 spiro atoms. The molecule has 1 aromatic rings. The molecule has 0 heterocycles. The zero-order valence-electron chi connectivity index (χ0n) is 11.9. The maximum atomic E-state index is 12.4. The molecule has 2 aliphatic rings. The van der Waals surface area contributed by atoms with E-state index >= 15 is 0 Å². The molecular formula is C15H14F3NO4. The summed E-state index contributed by atoms with van der Waals surface area (Å²) >= 11 is 0. The minimum Gasteiger partial charge on any atom is -0.480 e. The average Bonchev–Trinajstić information content (AvgIpc) is 3.32. The minimum absolute atomic E-state index is 0.310. The lowest BCUT2D eigenvalue weighted by Crippen LogP contribution is -2.43. The minimum atomic E-state index is -4.80. The summed E-state index contributed by atoms with van der Waals surface area (Å²) in [6.07, 6.45) is -3.68. The third-order valence-electron chi connectivity index (χ3n) is 4.19. The Kier molecular flexibility index (Phi) is 3.50. The number of halogens is 3. The number of nitrogens with one attached hydrogen (secondary N) is 1. The standard InChI is InChI=1S/C15H14F3NO4/c16-15(17,18)23-11-4-2-1-3-8(11)9-7-10(9)12(20)19-14(5-6-14)13(21)22/h1-4,9-10H,5-7H2,(H,19,20)(H,21,22)/t9-,10+/m0/s1. The Labute approximate surface area is 129 Å². The number of ether oxygens (including phenoxy) is 1. The molecule has 2 aliphatic carbocycles. The number of carbonyl (C=O) groups is 2. The maximum Gasteiger partial charge on any atom is 0.573 e. The second-order valence-electron chi connectivity index (χ2n) is 5.91. The van der Waals surface area contributed by atoms with Gasteiger partial charge in [0.2, 0.25) is 5.91 Å². The van der Waals surface area contributed by atoms with Gasteiger partial charge in [0.1, 0.15) is 11.3 Å². The highest BCUT2D eigenvalue weighted by atomic mass is 19.4. The summed E-state index contributed by atoms with van der Waals surface area (Å²) in [5.74, 6) is -2.75. The Morgan fingerprint density at radius 3 is 2.48 bits per heavy atom. The fraction of sp³-hybridized carbons (Fsp3) is 0.467. The van der Waals surface area contributed by atoms with Crippen molar-refractivity contribution in [2.45, 2.75) is 37.1 Å². The van der Waals surface area contributed by atoms with Crippen LogP contribution < -0.4 is 10.1 Å². The van der Waals surface area contributed by atoms with E-state index in [0.717, 1.165) is 0 Å². The third kappa shape index (κ3) is 3.25. The molecule has 0 bridgehead atoms. The molecule has 2 atom stereocenters. The normalized spacial score (nSPS) is 24.7. The number of carboxylic acid groups (broad SMARTS) is 1. The molecule has 23 heavy (non-hydrogen) atoms. The first-order chi connectivity index (χ1) is 10.7. The topological polar surface area (TPSA) is 75.6 Å². The molecule has 124 valence electrons. The highest BCUT2D eigenvalue weighted by molar-refractivity contribution is 5.92. The van der Waals surface area contributed by atoms with Crippen LogP contribution in [0.4, 0.5) is 13.2 Å². The average molecular weight is 329 g/mol. The van der Waals surface area contributed by atoms with E-state index in [1.165, 1.54) is 18.2 Å². The van der Waals surface area contributed by atoms with Crippen molar-refractivity contribution in [3.63, 3.8) is 0 Å². The van der Waals surface area contributed by atoms with Crippen LogP contribution in [0, 0.1) is 5.92 Å². The van der Waals surface area contributed by atoms with E-state index in [0.29, 0.717) is 24.8 Å². The largest absolute Gasteiger partial charge is 0.573 e. The van der Waals surface area contributed by atoms with Crippen LogP contribution in [0.1, 0.15) is 30.7 Å². The van der Waals surface area contributed by atoms with Gasteiger partial charge in [0.15, 0.2) is 0 Å². The van der Waals surface area contributed by atoms with Gasteiger partial charge in [-0.15, -0.1) is 13.2 Å². The van der Waals surface area contributed by atoms with Crippen LogP contribution in [0.25, 0.3) is 0 Å². The van der Waals surface area contributed by atoms with Crippen LogP contribution >= 0.6 is 0 Å². The molecule has 3 rings (SSSR count). The van der Waals surface area contributed by atoms with Crippen LogP contribution in [0.15, 0.2) is 24.3 Å². The molecule has 2 saturated carbocycles. The number of amides is 1. The fourth-order valence-electron chi connectivity index (χ4n) is 2.68. The summed E-state index contributed by atoms with van der Waals surface area (Å²) in [5, 5.41) is 11.5. The number of rotatable bonds is 5. The van der Waals surface area contributed by atoms with Gasteiger partial charge in [-0.3, -0.25) is 4.79 Å². The third-order valence-corrected chi connectivity index (χ3v) is 4.19. The van der Waals surface area contributed by atoms with Gasteiger partial charge in [0, 0.05) is 5.92 Å². The van der Waals surface area contributed by atoms with Gasteiger partial charge >= 0.3 is 12.3 Å². The lowest BCUT2D eigenvalue weighted by atomic mass is 10.1. The molecule has 0 unspecified atom stereocenters. The number of carboxylic acids is 1. The van der Waals surface area contributed by atoms with Crippen LogP contribution in [-0.2, 0) is 9.59 Å². The summed E-state index contributed by atoms with van der Waals surface area (Å²) in [4.78, 5) is 23.2. The maximum absolute atomic E-state index is 12.4. The Bertz CT molecular complexity index is 654. The Balaban J connectivity index is 1.69. The fourth-order valence-corrected chi connectivity index (χ4v) is 2.68. The van der Waals surface area contributed by atoms with E-state index in [9.17, 15) is 22.8 Å². The SMILES string of the molecule is O=C(NC1(C(=O)O)CC1)[C@@H]1C[C@H]1c1ccccc1OC(F)(F)F. The number of aliphatic carboxylic acids is 1. The number of benzene rings is 1. The molecule has 8 heteroatoms. The molecule has 1 amide bonds. The number of carbonyl (C=O) groups excluding carboxylic acids is 1. The number of hydrogen-bond acceptors (Lipinski definition) is 3. The van der Waals surface area contributed by atoms with Crippen molar-refractivity contribution in [3.05, 3.63) is 29.8 Å². The van der Waals surface area contributed by atoms with Crippen molar-refractivity contribution in [1.29, 1.82) is 0 Å². The molecule has 0 radical (unpaired) electrons. The van der Waals surface area contributed by atoms with Gasteiger partial charge in [-0.25, -0.2) is 4.79 Å². The van der Waals surface area contributed by atoms with Crippen molar-refractivity contribution < 1.29 is 32.6 Å². The Morgan fingerprint density at radius 2 is 1.91 bits per heavy atom. The van der Waals surface area contributed by atoms with E-state index in [1.807, 2.05) is 0 Å². The van der Waals surface area contributed by atoms with Crippen molar-refractivity contribution in [3.8, 4) is 5.75 Å². The summed E-state index contributed by atoms with van der Waals surface area (Å²) in [6.45, 7) is 0. The number of hydrogen-bond donors (Lipinski definition) is 2. The van der Waals surface area contributed by atoms with Gasteiger partial charge in [-0.2, -0.15) is 0 Å². The molecule has 0 saturated heterocycles. The summed E-state index contributed by atoms with van der Waals surface area (Å²) in [5.41, 5.74) is -0.878. The first-order valence-electron chi connectivity index (χ1n) is 7.12. The highest BCUT2D eigenvalue weighted by Gasteiger charge is 2.55. The summed E-state index contributed by atoms with van der Waals surface area (Å²) < 4.78 is 41.2. The van der Waals surface area contributed by atoms with Gasteiger partial charge < -0.3 is 15.2 Å². The zero-order chi connectivity index (χ0) is 16.8. The molecule has 0 aromatic heterocycles. The van der Waals surface area contributed by atoms with Crippen LogP contribution in [0.5, 0.6) is 5.75 Å². The molecule has 2 N–H and O–H groups in total. The zero-order valence-corrected chi connectivity index (χ0v) is 11.9. The molecule has 2 fully saturated rings. The van der Waals surface area contributed by atoms with E-state index in [-0.39, 0.29) is 5.75 Å². The summed E-state index contributed by atoms with van der Waals surface area (Å²) in [7, 11) is 0. The van der Waals surface area contributed by atoms with Crippen LogP contribution in [0.2, 0.25) is 0 Å². The predicted octanol–water partition coefficient (Wildman–Crippen LogP) is 2.42. The molecular weight excluding hydrogens is 315 g/mol. The lowest BCUT2D eigenvalue weighted by molar-refractivity contribution is -0.274. The van der Waals surface area contributed by atoms with Crippen LogP contribution in [-0.4, -0.2) is 28.9 Å². The number of alkyl halides is 3. The van der Waals surface area contributed by atoms with Gasteiger partial charge in [0.25, 0.3) is 0 Å². The van der Waals surface area contributed by atoms with E-state index in [4.69, 9.17) is 5.11 Å². The Hall–Kier alpha value is -2.25. The van der Waals surface area contributed by atoms with Gasteiger partial charge in [-0.1, -0.05) is 18.2 Å². The van der Waals surface area contributed by atoms with Crippen molar-refractivity contribution in [2.75, 3.05) is 0 Å². The predicted molar refractivity (Wildman–Crippen MR) is 71.7 cm³/mol. The van der Waals surface area contributed by atoms with E-state index < -0.39 is 35.6 Å². The molecule has 1 aromatic carbocycles. The lowest BCUT2D eigenvalue weighted by Gasteiger charge is -2.14. The van der Waals surface area contributed by atoms with E-state index in [2.05, 4.69) is 10.1 Å². The van der Waals surface area contributed by atoms with Gasteiger partial charge in [0.05, 0.1) is 0 Å². The molecule has 5 nitrogen and oxygen atoms in total. The quantitative estimate of drug-likeness (QED) is 0.870. The monoisotopic (exact) mass is 329 g/mol. The summed E-state index contributed by atoms with van der Waals surface area (Å²) in [6, 6.07) is 5.69. The smallest absolute Gasteiger partial charge is 0.480 e. The first-order valence-corrected chi connectivity index (χ1v) is 7.12. The second-order valence-corrected chi connectivity index (χ2v) is 5.91. The molecule has 0 aliphatic heterocycles. The van der Waals surface area contributed by atoms with E-state index in [1.54, 1.807) is 6.07 Å². The number of para-hydroxylation sites is 1. The van der Waals surface area contributed by atoms with Crippen molar-refractivity contribution in [2.24, 2.45) is 5.92 Å². The van der Waals surface area contributed by atoms with Crippen molar-refractivity contribution >= 4 is 11.9 Å².